The molecule has 1 heterocycles. The van der Waals surface area contributed by atoms with Crippen LogP contribution in [0.5, 0.6) is 0 Å². The van der Waals surface area contributed by atoms with Gasteiger partial charge in [0.2, 0.25) is 0 Å². The molecule has 0 fully saturated rings. The lowest BCUT2D eigenvalue weighted by Gasteiger charge is -2.31. The summed E-state index contributed by atoms with van der Waals surface area (Å²) in [6.45, 7) is 16.5. The molecule has 3 nitrogen and oxygen atoms in total. The summed E-state index contributed by atoms with van der Waals surface area (Å²) in [5, 5.41) is 6.87. The molecular weight excluding hydrogens is 256 g/mol. The van der Waals surface area contributed by atoms with Gasteiger partial charge < -0.3 is 10.1 Å². The molecule has 1 aromatic rings. The molecule has 0 aliphatic heterocycles. The number of nitrogens with zero attached hydrogens (tertiary/aromatic N) is 1. The van der Waals surface area contributed by atoms with Gasteiger partial charge in [0, 0.05) is 23.4 Å². The van der Waals surface area contributed by atoms with E-state index in [0.29, 0.717) is 12.6 Å². The van der Waals surface area contributed by atoms with Crippen LogP contribution in [0.2, 0.25) is 0 Å². The maximum Gasteiger partial charge on any atom is 0.115 e. The van der Waals surface area contributed by atoms with Crippen LogP contribution in [0.3, 0.4) is 0 Å². The van der Waals surface area contributed by atoms with Crippen molar-refractivity contribution in [2.24, 2.45) is 0 Å². The molecule has 0 aromatic carbocycles. The highest BCUT2D eigenvalue weighted by atomic mass is 32.1. The van der Waals surface area contributed by atoms with Crippen LogP contribution < -0.4 is 5.32 Å². The highest BCUT2D eigenvalue weighted by Gasteiger charge is 2.32. The lowest BCUT2D eigenvalue weighted by molar-refractivity contribution is 0.0786. The second kappa shape index (κ2) is 6.33. The summed E-state index contributed by atoms with van der Waals surface area (Å²) < 4.78 is 5.65. The van der Waals surface area contributed by atoms with E-state index >= 15 is 0 Å². The van der Waals surface area contributed by atoms with Crippen molar-refractivity contribution in [1.29, 1.82) is 0 Å². The van der Waals surface area contributed by atoms with Crippen LogP contribution in [-0.4, -0.2) is 24.2 Å². The Morgan fingerprint density at radius 1 is 1.32 bits per heavy atom. The van der Waals surface area contributed by atoms with Gasteiger partial charge in [-0.25, -0.2) is 4.98 Å². The minimum atomic E-state index is -0.210. The van der Waals surface area contributed by atoms with Crippen molar-refractivity contribution in [3.8, 4) is 0 Å². The smallest absolute Gasteiger partial charge is 0.115 e. The van der Waals surface area contributed by atoms with Crippen LogP contribution in [0.15, 0.2) is 5.38 Å². The Balaban J connectivity index is 3.00. The molecule has 1 aromatic heterocycles. The maximum atomic E-state index is 5.65. The minimum absolute atomic E-state index is 0.0963. The Hall–Kier alpha value is -0.450. The molecule has 0 amide bonds. The quantitative estimate of drug-likeness (QED) is 0.865. The van der Waals surface area contributed by atoms with Gasteiger partial charge in [0.1, 0.15) is 5.01 Å². The third-order valence-corrected chi connectivity index (χ3v) is 4.05. The van der Waals surface area contributed by atoms with Crippen molar-refractivity contribution in [3.63, 3.8) is 0 Å². The third-order valence-electron chi connectivity index (χ3n) is 2.95. The molecule has 0 aliphatic rings. The van der Waals surface area contributed by atoms with E-state index in [-0.39, 0.29) is 11.0 Å². The van der Waals surface area contributed by atoms with Gasteiger partial charge in [-0.05, 0) is 27.7 Å². The van der Waals surface area contributed by atoms with E-state index in [0.717, 1.165) is 17.3 Å². The molecule has 1 N–H and O–H groups in total. The van der Waals surface area contributed by atoms with E-state index in [2.05, 4.69) is 52.2 Å². The summed E-state index contributed by atoms with van der Waals surface area (Å²) in [5.74, 6) is 0. The fourth-order valence-corrected chi connectivity index (χ4v) is 3.14. The van der Waals surface area contributed by atoms with Crippen LogP contribution >= 0.6 is 11.3 Å². The molecule has 1 rings (SSSR count). The summed E-state index contributed by atoms with van der Waals surface area (Å²) in [6.07, 6.45) is 0. The number of nitrogens with one attached hydrogen (secondary N) is 1. The zero-order chi connectivity index (χ0) is 14.7. The van der Waals surface area contributed by atoms with Gasteiger partial charge in [-0.15, -0.1) is 11.3 Å². The molecule has 0 spiro atoms. The van der Waals surface area contributed by atoms with Gasteiger partial charge in [-0.3, -0.25) is 0 Å². The highest BCUT2D eigenvalue weighted by Crippen LogP contribution is 2.30. The number of ether oxygens (including phenoxy) is 1. The van der Waals surface area contributed by atoms with Crippen LogP contribution in [-0.2, 0) is 15.7 Å². The topological polar surface area (TPSA) is 34.1 Å². The normalized spacial score (nSPS) is 15.8. The number of hydrogen-bond donors (Lipinski definition) is 1. The summed E-state index contributed by atoms with van der Waals surface area (Å²) in [5.41, 5.74) is 1.04. The summed E-state index contributed by atoms with van der Waals surface area (Å²) in [4.78, 5) is 4.84. The Morgan fingerprint density at radius 2 is 1.95 bits per heavy atom. The zero-order valence-corrected chi connectivity index (χ0v) is 14.1. The van der Waals surface area contributed by atoms with E-state index in [1.54, 1.807) is 11.3 Å². The Kier molecular flexibility index (Phi) is 5.53. The van der Waals surface area contributed by atoms with Gasteiger partial charge in [0.15, 0.2) is 0 Å². The van der Waals surface area contributed by atoms with Crippen LogP contribution in [0.25, 0.3) is 0 Å². The molecule has 4 heteroatoms. The van der Waals surface area contributed by atoms with Crippen molar-refractivity contribution in [2.45, 2.75) is 65.5 Å². The van der Waals surface area contributed by atoms with E-state index in [4.69, 9.17) is 9.72 Å². The third kappa shape index (κ3) is 4.55. The number of rotatable bonds is 6. The standard InChI is InChI=1S/C15H28N2OS/c1-8-18-10-15(7,17-11(2)3)13-16-12(9-19-13)14(4,5)6/h9,11,17H,8,10H2,1-7H3. The Morgan fingerprint density at radius 3 is 2.37 bits per heavy atom. The molecule has 0 aliphatic carbocycles. The van der Waals surface area contributed by atoms with E-state index in [9.17, 15) is 0 Å². The first kappa shape index (κ1) is 16.6. The minimum Gasteiger partial charge on any atom is -0.379 e. The second-order valence-electron chi connectivity index (χ2n) is 6.56. The first-order chi connectivity index (χ1) is 8.69. The average molecular weight is 284 g/mol. The molecule has 0 radical (unpaired) electrons. The number of hydrogen-bond acceptors (Lipinski definition) is 4. The molecule has 19 heavy (non-hydrogen) atoms. The van der Waals surface area contributed by atoms with Crippen molar-refractivity contribution >= 4 is 11.3 Å². The molecule has 0 saturated carbocycles. The fourth-order valence-electron chi connectivity index (χ4n) is 1.98. The van der Waals surface area contributed by atoms with Crippen LogP contribution in [0, 0.1) is 0 Å². The van der Waals surface area contributed by atoms with Crippen LogP contribution in [0.4, 0.5) is 0 Å². The summed E-state index contributed by atoms with van der Waals surface area (Å²) in [7, 11) is 0. The lowest BCUT2D eigenvalue weighted by atomic mass is 9.93. The molecule has 0 bridgehead atoms. The largest absolute Gasteiger partial charge is 0.379 e. The molecular formula is C15H28N2OS. The Bertz CT molecular complexity index is 395. The monoisotopic (exact) mass is 284 g/mol. The van der Waals surface area contributed by atoms with Crippen molar-refractivity contribution < 1.29 is 4.74 Å². The van der Waals surface area contributed by atoms with Crippen molar-refractivity contribution in [3.05, 3.63) is 16.1 Å². The van der Waals surface area contributed by atoms with E-state index in [1.807, 2.05) is 6.92 Å². The summed E-state index contributed by atoms with van der Waals surface area (Å²) >= 11 is 1.72. The predicted octanol–water partition coefficient (Wildman–Crippen LogP) is 3.69. The lowest BCUT2D eigenvalue weighted by Crippen LogP contribution is -2.47. The molecule has 0 saturated heterocycles. The molecule has 1 unspecified atom stereocenters. The molecule has 1 atom stereocenters. The zero-order valence-electron chi connectivity index (χ0n) is 13.3. The molecule has 110 valence electrons. The maximum absolute atomic E-state index is 5.65. The van der Waals surface area contributed by atoms with Crippen LogP contribution in [0.1, 0.15) is 59.2 Å². The van der Waals surface area contributed by atoms with E-state index in [1.165, 1.54) is 0 Å². The fraction of sp³-hybridized carbons (Fsp3) is 0.800. The van der Waals surface area contributed by atoms with E-state index < -0.39 is 0 Å². The van der Waals surface area contributed by atoms with Crippen molar-refractivity contribution in [1.82, 2.24) is 10.3 Å². The van der Waals surface area contributed by atoms with Gasteiger partial charge in [-0.1, -0.05) is 20.8 Å². The van der Waals surface area contributed by atoms with Gasteiger partial charge >= 0.3 is 0 Å². The first-order valence-corrected chi connectivity index (χ1v) is 7.89. The predicted molar refractivity (Wildman–Crippen MR) is 82.9 cm³/mol. The van der Waals surface area contributed by atoms with Crippen molar-refractivity contribution in [2.75, 3.05) is 13.2 Å². The second-order valence-corrected chi connectivity index (χ2v) is 7.41. The summed E-state index contributed by atoms with van der Waals surface area (Å²) in [6, 6.07) is 0.396. The highest BCUT2D eigenvalue weighted by molar-refractivity contribution is 7.09. The SMILES string of the molecule is CCOCC(C)(NC(C)C)c1nc(C(C)(C)C)cs1. The number of thiazole rings is 1. The van der Waals surface area contributed by atoms with Gasteiger partial charge in [-0.2, -0.15) is 0 Å². The van der Waals surface area contributed by atoms with Gasteiger partial charge in [0.05, 0.1) is 17.8 Å². The van der Waals surface area contributed by atoms with Gasteiger partial charge in [0.25, 0.3) is 0 Å². The average Bonchev–Trinajstić information content (AvgIpc) is 2.74. The Labute approximate surface area is 121 Å². The first-order valence-electron chi connectivity index (χ1n) is 7.01. The number of aromatic nitrogens is 1.